The predicted molar refractivity (Wildman–Crippen MR) is 120 cm³/mol. The van der Waals surface area contributed by atoms with Gasteiger partial charge in [-0.05, 0) is 51.5 Å². The number of methoxy groups -OCH3 is 1. The molecule has 2 N–H and O–H groups in total. The highest BCUT2D eigenvalue weighted by atomic mass is 19.1. The third-order valence-corrected chi connectivity index (χ3v) is 5.31. The molecule has 8 nitrogen and oxygen atoms in total. The van der Waals surface area contributed by atoms with Crippen LogP contribution in [-0.4, -0.2) is 57.3 Å². The number of nitrogens with one attached hydrogen (secondary N) is 1. The number of ether oxygens (including phenoxy) is 1. The first-order valence-corrected chi connectivity index (χ1v) is 10.5. The molecule has 0 bridgehead atoms. The number of hydrogen-bond donors (Lipinski definition) is 2. The number of aromatic hydroxyl groups is 1. The van der Waals surface area contributed by atoms with Crippen LogP contribution in [0.4, 0.5) is 10.2 Å². The number of benzene rings is 1. The summed E-state index contributed by atoms with van der Waals surface area (Å²) in [5.74, 6) is 0.400. The Morgan fingerprint density at radius 3 is 2.62 bits per heavy atom. The van der Waals surface area contributed by atoms with Crippen molar-refractivity contribution in [2.45, 2.75) is 38.8 Å². The van der Waals surface area contributed by atoms with Crippen molar-refractivity contribution in [1.29, 1.82) is 0 Å². The van der Waals surface area contributed by atoms with Crippen molar-refractivity contribution in [3.63, 3.8) is 0 Å². The monoisotopic (exact) mass is 438 g/mol. The lowest BCUT2D eigenvalue weighted by Crippen LogP contribution is -2.45. The van der Waals surface area contributed by atoms with Gasteiger partial charge in [0.25, 0.3) is 0 Å². The molecule has 1 saturated heterocycles. The Labute approximate surface area is 186 Å². The summed E-state index contributed by atoms with van der Waals surface area (Å²) in [6.07, 6.45) is 2.44. The van der Waals surface area contributed by atoms with Gasteiger partial charge >= 0.3 is 0 Å². The van der Waals surface area contributed by atoms with E-state index in [1.54, 1.807) is 12.1 Å². The van der Waals surface area contributed by atoms with E-state index >= 15 is 0 Å². The Bertz CT molecular complexity index is 1100. The molecule has 9 heteroatoms. The Hall–Kier alpha value is -3.33. The highest BCUT2D eigenvalue weighted by Gasteiger charge is 2.27. The molecule has 0 radical (unpaired) electrons. The first kappa shape index (κ1) is 21.9. The van der Waals surface area contributed by atoms with Crippen LogP contribution in [0.1, 0.15) is 27.2 Å². The van der Waals surface area contributed by atoms with E-state index in [9.17, 15) is 9.50 Å². The summed E-state index contributed by atoms with van der Waals surface area (Å²) in [5.41, 5.74) is 1.36. The second-order valence-electron chi connectivity index (χ2n) is 8.94. The number of hydrogen-bond acceptors (Lipinski definition) is 8. The van der Waals surface area contributed by atoms with Gasteiger partial charge in [0.1, 0.15) is 11.6 Å². The van der Waals surface area contributed by atoms with Crippen LogP contribution < -0.4 is 15.0 Å². The summed E-state index contributed by atoms with van der Waals surface area (Å²) >= 11 is 0. The fourth-order valence-corrected chi connectivity index (χ4v) is 3.92. The summed E-state index contributed by atoms with van der Waals surface area (Å²) < 4.78 is 19.9. The van der Waals surface area contributed by atoms with E-state index < -0.39 is 5.82 Å². The van der Waals surface area contributed by atoms with Gasteiger partial charge < -0.3 is 20.1 Å². The summed E-state index contributed by atoms with van der Waals surface area (Å²) in [6.45, 7) is 8.21. The predicted octanol–water partition coefficient (Wildman–Crippen LogP) is 3.42. The second-order valence-corrected chi connectivity index (χ2v) is 8.94. The number of nitrogens with zero attached hydrogens (tertiary/aromatic N) is 5. The van der Waals surface area contributed by atoms with E-state index in [0.29, 0.717) is 17.3 Å². The van der Waals surface area contributed by atoms with Crippen molar-refractivity contribution in [2.75, 3.05) is 25.1 Å². The van der Waals surface area contributed by atoms with Crippen LogP contribution in [0.25, 0.3) is 22.4 Å². The molecule has 1 aromatic carbocycles. The summed E-state index contributed by atoms with van der Waals surface area (Å²) in [6, 6.07) is 8.14. The minimum Gasteiger partial charge on any atom is -0.507 e. The smallest absolute Gasteiger partial charge is 0.233 e. The summed E-state index contributed by atoms with van der Waals surface area (Å²) in [4.78, 5) is 2.17. The molecule has 0 spiro atoms. The SMILES string of the molecule is COc1cc(-c2cc(O)c(-c3ccc(N4CC[C@@H](NC(C)(C)C)C4)nn3)cc2F)cnn1. The molecule has 1 aliphatic heterocycles. The van der Waals surface area contributed by atoms with Gasteiger partial charge in [0, 0.05) is 47.4 Å². The fourth-order valence-electron chi connectivity index (χ4n) is 3.92. The van der Waals surface area contributed by atoms with Gasteiger partial charge in [0.2, 0.25) is 5.88 Å². The lowest BCUT2D eigenvalue weighted by Gasteiger charge is -2.26. The van der Waals surface area contributed by atoms with Crippen LogP contribution in [0.2, 0.25) is 0 Å². The van der Waals surface area contributed by atoms with Crippen molar-refractivity contribution in [3.05, 3.63) is 42.3 Å². The number of rotatable bonds is 5. The largest absolute Gasteiger partial charge is 0.507 e. The third-order valence-electron chi connectivity index (χ3n) is 5.31. The number of phenolic OH excluding ortho intramolecular Hbond substituents is 1. The first-order chi connectivity index (χ1) is 15.2. The molecular weight excluding hydrogens is 411 g/mol. The van der Waals surface area contributed by atoms with Gasteiger partial charge in [-0.1, -0.05) is 0 Å². The number of aromatic nitrogens is 4. The van der Waals surface area contributed by atoms with E-state index in [-0.39, 0.29) is 28.3 Å². The molecule has 0 unspecified atom stereocenters. The lowest BCUT2D eigenvalue weighted by molar-refractivity contribution is 0.373. The van der Waals surface area contributed by atoms with E-state index in [1.807, 2.05) is 6.07 Å². The van der Waals surface area contributed by atoms with Gasteiger partial charge in [-0.15, -0.1) is 15.3 Å². The maximum absolute atomic E-state index is 14.9. The summed E-state index contributed by atoms with van der Waals surface area (Å²) in [5, 5.41) is 30.3. The zero-order valence-electron chi connectivity index (χ0n) is 18.6. The van der Waals surface area contributed by atoms with Gasteiger partial charge in [-0.2, -0.15) is 5.10 Å². The minimum atomic E-state index is -0.519. The molecule has 168 valence electrons. The zero-order chi connectivity index (χ0) is 22.9. The average Bonchev–Trinajstić information content (AvgIpc) is 3.22. The quantitative estimate of drug-likeness (QED) is 0.626. The van der Waals surface area contributed by atoms with Crippen LogP contribution in [-0.2, 0) is 0 Å². The average molecular weight is 439 g/mol. The molecule has 32 heavy (non-hydrogen) atoms. The highest BCUT2D eigenvalue weighted by molar-refractivity contribution is 5.75. The summed E-state index contributed by atoms with van der Waals surface area (Å²) in [7, 11) is 1.45. The molecule has 4 rings (SSSR count). The molecule has 0 saturated carbocycles. The van der Waals surface area contributed by atoms with Crippen LogP contribution in [0.15, 0.2) is 36.5 Å². The van der Waals surface area contributed by atoms with Crippen molar-refractivity contribution < 1.29 is 14.2 Å². The second kappa shape index (κ2) is 8.66. The number of anilines is 1. The Balaban J connectivity index is 1.54. The van der Waals surface area contributed by atoms with Crippen LogP contribution in [0, 0.1) is 5.82 Å². The number of phenols is 1. The molecule has 3 aromatic rings. The topological polar surface area (TPSA) is 96.3 Å². The van der Waals surface area contributed by atoms with Crippen molar-refractivity contribution >= 4 is 5.82 Å². The molecule has 0 amide bonds. The minimum absolute atomic E-state index is 0.0570. The van der Waals surface area contributed by atoms with Crippen molar-refractivity contribution in [3.8, 4) is 34.0 Å². The van der Waals surface area contributed by atoms with Gasteiger partial charge in [0.05, 0.1) is 19.0 Å². The Morgan fingerprint density at radius 1 is 1.12 bits per heavy atom. The van der Waals surface area contributed by atoms with Gasteiger partial charge in [0.15, 0.2) is 5.82 Å². The normalized spacial score (nSPS) is 16.4. The van der Waals surface area contributed by atoms with Crippen LogP contribution >= 0.6 is 0 Å². The van der Waals surface area contributed by atoms with Crippen molar-refractivity contribution in [2.24, 2.45) is 0 Å². The number of halogens is 1. The van der Waals surface area contributed by atoms with E-state index in [2.05, 4.69) is 51.4 Å². The molecule has 1 fully saturated rings. The maximum Gasteiger partial charge on any atom is 0.233 e. The fraction of sp³-hybridized carbons (Fsp3) is 0.391. The van der Waals surface area contributed by atoms with E-state index in [1.165, 1.54) is 25.4 Å². The van der Waals surface area contributed by atoms with E-state index in [0.717, 1.165) is 25.3 Å². The Morgan fingerprint density at radius 2 is 1.94 bits per heavy atom. The van der Waals surface area contributed by atoms with Gasteiger partial charge in [-0.3, -0.25) is 0 Å². The molecular formula is C23H27FN6O2. The molecule has 2 aromatic heterocycles. The molecule has 3 heterocycles. The zero-order valence-corrected chi connectivity index (χ0v) is 18.6. The maximum atomic E-state index is 14.9. The molecule has 1 atom stereocenters. The standard InChI is InChI=1S/C23H27FN6O2/c1-23(2,3)26-15-7-8-30(13-15)21-6-5-19(27-28-21)17-10-18(24)16(11-20(17)31)14-9-22(32-4)29-25-12-14/h5-6,9-12,15,26,31H,7-8,13H2,1-4H3/t15-/m1/s1. The molecule has 0 aliphatic carbocycles. The van der Waals surface area contributed by atoms with Crippen LogP contribution in [0.3, 0.4) is 0 Å². The highest BCUT2D eigenvalue weighted by Crippen LogP contribution is 2.35. The third kappa shape index (κ3) is 4.77. The molecule has 1 aliphatic rings. The van der Waals surface area contributed by atoms with Crippen LogP contribution in [0.5, 0.6) is 11.6 Å². The van der Waals surface area contributed by atoms with Gasteiger partial charge in [-0.25, -0.2) is 4.39 Å². The van der Waals surface area contributed by atoms with Crippen molar-refractivity contribution in [1.82, 2.24) is 25.7 Å². The Kier molecular flexibility index (Phi) is 5.92. The van der Waals surface area contributed by atoms with E-state index in [4.69, 9.17) is 4.74 Å². The first-order valence-electron chi connectivity index (χ1n) is 10.5. The lowest BCUT2D eigenvalue weighted by atomic mass is 10.0.